The Hall–Kier alpha value is -3.29. The summed E-state index contributed by atoms with van der Waals surface area (Å²) in [5.41, 5.74) is 1.20. The summed E-state index contributed by atoms with van der Waals surface area (Å²) in [4.78, 5) is 27.7. The quantitative estimate of drug-likeness (QED) is 0.636. The van der Waals surface area contributed by atoms with Crippen LogP contribution in [0.25, 0.3) is 0 Å². The number of carbonyl (C=O) groups is 1. The van der Waals surface area contributed by atoms with Gasteiger partial charge in [-0.2, -0.15) is 0 Å². The van der Waals surface area contributed by atoms with Crippen molar-refractivity contribution in [3.63, 3.8) is 0 Å². The van der Waals surface area contributed by atoms with Crippen LogP contribution in [-0.4, -0.2) is 18.0 Å². The average molecular weight is 316 g/mol. The molecule has 2 aromatic carbocycles. The Morgan fingerprint density at radius 2 is 1.91 bits per heavy atom. The smallest absolute Gasteiger partial charge is 0.403 e. The molecule has 0 fully saturated rings. The molecule has 0 saturated carbocycles. The van der Waals surface area contributed by atoms with Crippen molar-refractivity contribution >= 4 is 11.8 Å². The molecule has 0 aromatic heterocycles. The maximum Gasteiger partial charge on any atom is 0.403 e. The molecule has 0 bridgehead atoms. The van der Waals surface area contributed by atoms with Crippen LogP contribution in [0.2, 0.25) is 0 Å². The molecular formula is C15H12N2O6. The Balaban J connectivity index is 1.86. The largest absolute Gasteiger partial charge is 0.454 e. The number of amides is 1. The SMILES string of the molecule is O=C(O[N+](=O)[O-])N(Cc1ccc2c(c1)OCO2)c1ccccc1. The first kappa shape index (κ1) is 14.6. The number of rotatable bonds is 4. The van der Waals surface area contributed by atoms with Gasteiger partial charge in [-0.3, -0.25) is 4.90 Å². The highest BCUT2D eigenvalue weighted by Crippen LogP contribution is 2.33. The number of anilines is 1. The Morgan fingerprint density at radius 1 is 1.17 bits per heavy atom. The van der Waals surface area contributed by atoms with Crippen molar-refractivity contribution in [2.75, 3.05) is 11.7 Å². The summed E-state index contributed by atoms with van der Waals surface area (Å²) in [5, 5.41) is 9.32. The summed E-state index contributed by atoms with van der Waals surface area (Å²) in [6.07, 6.45) is -1.07. The second-order valence-electron chi connectivity index (χ2n) is 4.69. The van der Waals surface area contributed by atoms with Gasteiger partial charge < -0.3 is 9.47 Å². The van der Waals surface area contributed by atoms with E-state index in [0.717, 1.165) is 5.56 Å². The van der Waals surface area contributed by atoms with Crippen molar-refractivity contribution in [1.29, 1.82) is 0 Å². The zero-order valence-corrected chi connectivity index (χ0v) is 11.9. The molecule has 0 atom stereocenters. The van der Waals surface area contributed by atoms with E-state index in [4.69, 9.17) is 9.47 Å². The lowest BCUT2D eigenvalue weighted by Gasteiger charge is -2.21. The van der Waals surface area contributed by atoms with Crippen LogP contribution in [0.1, 0.15) is 5.56 Å². The topological polar surface area (TPSA) is 91.1 Å². The van der Waals surface area contributed by atoms with Gasteiger partial charge >= 0.3 is 11.2 Å². The molecule has 8 nitrogen and oxygen atoms in total. The highest BCUT2D eigenvalue weighted by Gasteiger charge is 2.21. The van der Waals surface area contributed by atoms with Crippen LogP contribution >= 0.6 is 0 Å². The maximum absolute atomic E-state index is 12.0. The average Bonchev–Trinajstić information content (AvgIpc) is 3.00. The Labute approximate surface area is 130 Å². The number of nitrogens with zero attached hydrogens (tertiary/aromatic N) is 2. The molecule has 0 unspecified atom stereocenters. The third-order valence-corrected chi connectivity index (χ3v) is 3.22. The predicted molar refractivity (Wildman–Crippen MR) is 78.7 cm³/mol. The molecule has 1 heterocycles. The number of benzene rings is 2. The fourth-order valence-electron chi connectivity index (χ4n) is 2.20. The van der Waals surface area contributed by atoms with E-state index in [-0.39, 0.29) is 13.3 Å². The summed E-state index contributed by atoms with van der Waals surface area (Å²) >= 11 is 0. The van der Waals surface area contributed by atoms with Gasteiger partial charge in [-0.25, -0.2) is 9.63 Å². The van der Waals surface area contributed by atoms with E-state index < -0.39 is 11.2 Å². The van der Waals surface area contributed by atoms with Crippen LogP contribution < -0.4 is 14.4 Å². The summed E-state index contributed by atoms with van der Waals surface area (Å²) in [6, 6.07) is 13.7. The number of carbonyl (C=O) groups excluding carboxylic acids is 1. The van der Waals surface area contributed by atoms with Crippen LogP contribution in [0, 0.1) is 10.1 Å². The minimum absolute atomic E-state index is 0.0906. The normalized spacial score (nSPS) is 11.8. The lowest BCUT2D eigenvalue weighted by molar-refractivity contribution is -0.727. The van der Waals surface area contributed by atoms with Crippen LogP contribution in [0.5, 0.6) is 11.5 Å². The highest BCUT2D eigenvalue weighted by molar-refractivity contribution is 5.87. The minimum atomic E-state index is -1.13. The third kappa shape index (κ3) is 3.31. The van der Waals surface area contributed by atoms with E-state index in [0.29, 0.717) is 17.2 Å². The molecule has 1 amide bonds. The number of ether oxygens (including phenoxy) is 2. The van der Waals surface area contributed by atoms with Crippen molar-refractivity contribution in [3.05, 3.63) is 64.2 Å². The highest BCUT2D eigenvalue weighted by atomic mass is 17.0. The van der Waals surface area contributed by atoms with Crippen LogP contribution in [0.15, 0.2) is 48.5 Å². The number of para-hydroxylation sites is 1. The molecule has 3 rings (SSSR count). The molecule has 23 heavy (non-hydrogen) atoms. The minimum Gasteiger partial charge on any atom is -0.454 e. The van der Waals surface area contributed by atoms with E-state index in [1.807, 2.05) is 0 Å². The molecule has 2 aromatic rings. The van der Waals surface area contributed by atoms with E-state index in [9.17, 15) is 14.9 Å². The molecule has 0 spiro atoms. The van der Waals surface area contributed by atoms with Gasteiger partial charge in [-0.1, -0.05) is 24.3 Å². The van der Waals surface area contributed by atoms with Gasteiger partial charge in [-0.15, -0.1) is 10.1 Å². The monoisotopic (exact) mass is 316 g/mol. The Morgan fingerprint density at radius 3 is 2.65 bits per heavy atom. The van der Waals surface area contributed by atoms with Crippen molar-refractivity contribution in [3.8, 4) is 11.5 Å². The second kappa shape index (κ2) is 6.22. The van der Waals surface area contributed by atoms with Crippen molar-refractivity contribution in [2.24, 2.45) is 0 Å². The standard InChI is InChI=1S/C15H12N2O6/c18-15(23-17(19)20)16(12-4-2-1-3-5-12)9-11-6-7-13-14(8-11)22-10-21-13/h1-8H,9-10H2. The molecule has 118 valence electrons. The first-order valence-electron chi connectivity index (χ1n) is 6.71. The van der Waals surface area contributed by atoms with Gasteiger partial charge in [0.25, 0.3) is 0 Å². The van der Waals surface area contributed by atoms with E-state index >= 15 is 0 Å². The van der Waals surface area contributed by atoms with E-state index in [1.165, 1.54) is 4.90 Å². The Bertz CT molecular complexity index is 734. The van der Waals surface area contributed by atoms with Gasteiger partial charge in [0.2, 0.25) is 6.79 Å². The van der Waals surface area contributed by atoms with E-state index in [2.05, 4.69) is 4.84 Å². The summed E-state index contributed by atoms with van der Waals surface area (Å²) < 4.78 is 10.5. The summed E-state index contributed by atoms with van der Waals surface area (Å²) in [7, 11) is 0. The van der Waals surface area contributed by atoms with Crippen molar-refractivity contribution in [2.45, 2.75) is 6.54 Å². The van der Waals surface area contributed by atoms with Gasteiger partial charge in [0, 0.05) is 5.69 Å². The molecule has 1 aliphatic rings. The lowest BCUT2D eigenvalue weighted by Crippen LogP contribution is -2.32. The molecule has 0 radical (unpaired) electrons. The first-order chi connectivity index (χ1) is 11.1. The van der Waals surface area contributed by atoms with Crippen LogP contribution in [0.3, 0.4) is 0 Å². The molecule has 0 N–H and O–H groups in total. The first-order valence-corrected chi connectivity index (χ1v) is 6.71. The zero-order chi connectivity index (χ0) is 16.2. The van der Waals surface area contributed by atoms with Crippen LogP contribution in [0.4, 0.5) is 10.5 Å². The van der Waals surface area contributed by atoms with Gasteiger partial charge in [0.1, 0.15) is 0 Å². The molecule has 0 saturated heterocycles. The predicted octanol–water partition coefficient (Wildman–Crippen LogP) is 2.75. The van der Waals surface area contributed by atoms with Crippen molar-refractivity contribution < 1.29 is 24.2 Å². The third-order valence-electron chi connectivity index (χ3n) is 3.22. The van der Waals surface area contributed by atoms with Crippen LogP contribution in [-0.2, 0) is 11.4 Å². The second-order valence-corrected chi connectivity index (χ2v) is 4.69. The lowest BCUT2D eigenvalue weighted by atomic mass is 10.2. The summed E-state index contributed by atoms with van der Waals surface area (Å²) in [5.74, 6) is 1.19. The van der Waals surface area contributed by atoms with Gasteiger partial charge in [0.05, 0.1) is 6.54 Å². The number of fused-ring (bicyclic) bond motifs is 1. The fraction of sp³-hybridized carbons (Fsp3) is 0.133. The summed E-state index contributed by atoms with van der Waals surface area (Å²) in [6.45, 7) is 0.234. The molecular weight excluding hydrogens is 304 g/mol. The van der Waals surface area contributed by atoms with E-state index in [1.54, 1.807) is 48.5 Å². The number of hydrogen-bond donors (Lipinski definition) is 0. The molecule has 0 aliphatic carbocycles. The number of hydrogen-bond acceptors (Lipinski definition) is 6. The van der Waals surface area contributed by atoms with Crippen molar-refractivity contribution in [1.82, 2.24) is 0 Å². The molecule has 8 heteroatoms. The van der Waals surface area contributed by atoms with Gasteiger partial charge in [-0.05, 0) is 29.8 Å². The Kier molecular flexibility index (Phi) is 3.96. The fourth-order valence-corrected chi connectivity index (χ4v) is 2.20. The zero-order valence-electron chi connectivity index (χ0n) is 11.9. The maximum atomic E-state index is 12.0. The molecule has 1 aliphatic heterocycles. The van der Waals surface area contributed by atoms with Gasteiger partial charge in [0.15, 0.2) is 11.5 Å².